The van der Waals surface area contributed by atoms with Gasteiger partial charge in [0, 0.05) is 18.8 Å². The zero-order valence-corrected chi connectivity index (χ0v) is 12.4. The number of benzene rings is 1. The lowest BCUT2D eigenvalue weighted by atomic mass is 10.2. The van der Waals surface area contributed by atoms with Gasteiger partial charge in [0.2, 0.25) is 0 Å². The van der Waals surface area contributed by atoms with Gasteiger partial charge in [-0.05, 0) is 51.1 Å². The van der Waals surface area contributed by atoms with Crippen LogP contribution >= 0.6 is 0 Å². The van der Waals surface area contributed by atoms with Crippen LogP contribution in [0, 0.1) is 5.82 Å². The molecule has 1 atom stereocenters. The van der Waals surface area contributed by atoms with Crippen molar-refractivity contribution < 1.29 is 8.81 Å². The van der Waals surface area contributed by atoms with Crippen molar-refractivity contribution in [2.45, 2.75) is 32.9 Å². The van der Waals surface area contributed by atoms with E-state index < -0.39 is 0 Å². The lowest BCUT2D eigenvalue weighted by Crippen LogP contribution is -2.26. The second-order valence-corrected chi connectivity index (χ2v) is 5.25. The highest BCUT2D eigenvalue weighted by molar-refractivity contribution is 5.56. The molecule has 0 spiro atoms. The Labute approximate surface area is 119 Å². The fraction of sp³-hybridized carbons (Fsp3) is 0.375. The van der Waals surface area contributed by atoms with E-state index in [-0.39, 0.29) is 17.9 Å². The van der Waals surface area contributed by atoms with E-state index in [1.807, 2.05) is 50.9 Å². The third kappa shape index (κ3) is 3.13. The minimum Gasteiger partial charge on any atom is -0.467 e. The van der Waals surface area contributed by atoms with Crippen LogP contribution in [0.25, 0.3) is 0 Å². The van der Waals surface area contributed by atoms with Gasteiger partial charge in [-0.2, -0.15) is 0 Å². The van der Waals surface area contributed by atoms with Crippen LogP contribution in [0.5, 0.6) is 0 Å². The molecule has 2 rings (SSSR count). The molecule has 0 saturated carbocycles. The first-order chi connectivity index (χ1) is 9.49. The molecular formula is C16H21FN2O. The van der Waals surface area contributed by atoms with Crippen LogP contribution in [-0.4, -0.2) is 13.1 Å². The summed E-state index contributed by atoms with van der Waals surface area (Å²) in [7, 11) is 1.89. The summed E-state index contributed by atoms with van der Waals surface area (Å²) >= 11 is 0. The van der Waals surface area contributed by atoms with Crippen LogP contribution in [-0.2, 0) is 0 Å². The Morgan fingerprint density at radius 3 is 2.50 bits per heavy atom. The SMILES string of the molecule is CC(Nc1ccc(N(C)C(C)C)c(F)c1)c1ccco1. The molecule has 4 heteroatoms. The summed E-state index contributed by atoms with van der Waals surface area (Å²) in [6, 6.07) is 9.20. The summed E-state index contributed by atoms with van der Waals surface area (Å²) in [5.74, 6) is 0.603. The van der Waals surface area contributed by atoms with Crippen molar-refractivity contribution in [3.05, 3.63) is 48.2 Å². The molecule has 0 saturated heterocycles. The molecule has 1 unspecified atom stereocenters. The van der Waals surface area contributed by atoms with Crippen molar-refractivity contribution in [2.75, 3.05) is 17.3 Å². The molecule has 1 aromatic carbocycles. The van der Waals surface area contributed by atoms with Crippen molar-refractivity contribution in [1.82, 2.24) is 0 Å². The van der Waals surface area contributed by atoms with E-state index in [2.05, 4.69) is 5.32 Å². The molecule has 1 heterocycles. The second kappa shape index (κ2) is 5.99. The average Bonchev–Trinajstić information content (AvgIpc) is 2.92. The second-order valence-electron chi connectivity index (χ2n) is 5.25. The van der Waals surface area contributed by atoms with Gasteiger partial charge in [0.1, 0.15) is 11.6 Å². The summed E-state index contributed by atoms with van der Waals surface area (Å²) in [4.78, 5) is 1.91. The molecule has 3 nitrogen and oxygen atoms in total. The van der Waals surface area contributed by atoms with Gasteiger partial charge in [0.05, 0.1) is 18.0 Å². The van der Waals surface area contributed by atoms with Crippen molar-refractivity contribution in [1.29, 1.82) is 0 Å². The molecule has 0 aliphatic heterocycles. The number of nitrogens with zero attached hydrogens (tertiary/aromatic N) is 1. The molecule has 1 aromatic heterocycles. The van der Waals surface area contributed by atoms with Gasteiger partial charge < -0.3 is 14.6 Å². The van der Waals surface area contributed by atoms with Crippen molar-refractivity contribution >= 4 is 11.4 Å². The summed E-state index contributed by atoms with van der Waals surface area (Å²) in [5.41, 5.74) is 1.35. The molecule has 1 N–H and O–H groups in total. The van der Waals surface area contributed by atoms with Crippen LogP contribution in [0.1, 0.15) is 32.6 Å². The zero-order chi connectivity index (χ0) is 14.7. The van der Waals surface area contributed by atoms with E-state index >= 15 is 0 Å². The summed E-state index contributed by atoms with van der Waals surface area (Å²) < 4.78 is 19.5. The Bertz CT molecular complexity index is 552. The average molecular weight is 276 g/mol. The Balaban J connectivity index is 2.13. The number of anilines is 2. The lowest BCUT2D eigenvalue weighted by molar-refractivity contribution is 0.490. The van der Waals surface area contributed by atoms with Crippen molar-refractivity contribution in [2.24, 2.45) is 0 Å². The number of rotatable bonds is 5. The Kier molecular flexibility index (Phi) is 4.32. The first kappa shape index (κ1) is 14.4. The molecule has 2 aromatic rings. The molecule has 0 bridgehead atoms. The van der Waals surface area contributed by atoms with Gasteiger partial charge in [-0.3, -0.25) is 0 Å². The lowest BCUT2D eigenvalue weighted by Gasteiger charge is -2.24. The van der Waals surface area contributed by atoms with Gasteiger partial charge in [-0.1, -0.05) is 0 Å². The molecule has 20 heavy (non-hydrogen) atoms. The van der Waals surface area contributed by atoms with E-state index in [9.17, 15) is 4.39 Å². The van der Waals surface area contributed by atoms with Gasteiger partial charge in [-0.25, -0.2) is 4.39 Å². The Morgan fingerprint density at radius 1 is 1.20 bits per heavy atom. The van der Waals surface area contributed by atoms with E-state index in [1.54, 1.807) is 12.3 Å². The molecule has 0 aliphatic carbocycles. The van der Waals surface area contributed by atoms with Crippen LogP contribution in [0.4, 0.5) is 15.8 Å². The van der Waals surface area contributed by atoms with Crippen LogP contribution in [0.15, 0.2) is 41.0 Å². The largest absolute Gasteiger partial charge is 0.467 e. The predicted octanol–water partition coefficient (Wildman–Crippen LogP) is 4.44. The maximum atomic E-state index is 14.1. The smallest absolute Gasteiger partial charge is 0.148 e. The van der Waals surface area contributed by atoms with E-state index in [4.69, 9.17) is 4.42 Å². The monoisotopic (exact) mass is 276 g/mol. The maximum Gasteiger partial charge on any atom is 0.148 e. The minimum atomic E-state index is -0.224. The summed E-state index contributed by atoms with van der Waals surface area (Å²) in [6.45, 7) is 6.04. The Hall–Kier alpha value is -1.97. The fourth-order valence-electron chi connectivity index (χ4n) is 2.02. The standard InChI is InChI=1S/C16H21FN2O/c1-11(2)19(4)15-8-7-13(10-14(15)17)18-12(3)16-6-5-9-20-16/h5-12,18H,1-4H3. The van der Waals surface area contributed by atoms with Gasteiger partial charge in [-0.15, -0.1) is 0 Å². The molecular weight excluding hydrogens is 255 g/mol. The van der Waals surface area contributed by atoms with E-state index in [0.717, 1.165) is 11.4 Å². The number of furan rings is 1. The first-order valence-corrected chi connectivity index (χ1v) is 6.81. The zero-order valence-electron chi connectivity index (χ0n) is 12.4. The highest BCUT2D eigenvalue weighted by Crippen LogP contribution is 2.26. The number of nitrogens with one attached hydrogen (secondary N) is 1. The van der Waals surface area contributed by atoms with E-state index in [1.165, 1.54) is 6.07 Å². The fourth-order valence-corrected chi connectivity index (χ4v) is 2.02. The third-order valence-corrected chi connectivity index (χ3v) is 3.46. The molecule has 0 amide bonds. The normalized spacial score (nSPS) is 12.5. The first-order valence-electron chi connectivity index (χ1n) is 6.81. The third-order valence-electron chi connectivity index (χ3n) is 3.46. The van der Waals surface area contributed by atoms with Gasteiger partial charge in [0.25, 0.3) is 0 Å². The van der Waals surface area contributed by atoms with Crippen molar-refractivity contribution in [3.63, 3.8) is 0 Å². The van der Waals surface area contributed by atoms with Gasteiger partial charge >= 0.3 is 0 Å². The van der Waals surface area contributed by atoms with Crippen LogP contribution in [0.3, 0.4) is 0 Å². The maximum absolute atomic E-state index is 14.1. The van der Waals surface area contributed by atoms with Crippen LogP contribution < -0.4 is 10.2 Å². The number of hydrogen-bond acceptors (Lipinski definition) is 3. The number of halogens is 1. The van der Waals surface area contributed by atoms with Gasteiger partial charge in [0.15, 0.2) is 0 Å². The quantitative estimate of drug-likeness (QED) is 0.875. The van der Waals surface area contributed by atoms with Crippen LogP contribution in [0.2, 0.25) is 0 Å². The molecule has 0 fully saturated rings. The predicted molar refractivity (Wildman–Crippen MR) is 80.7 cm³/mol. The highest BCUT2D eigenvalue weighted by atomic mass is 19.1. The summed E-state index contributed by atoms with van der Waals surface area (Å²) in [6.07, 6.45) is 1.63. The topological polar surface area (TPSA) is 28.4 Å². The molecule has 0 radical (unpaired) electrons. The summed E-state index contributed by atoms with van der Waals surface area (Å²) in [5, 5.41) is 3.23. The molecule has 0 aliphatic rings. The minimum absolute atomic E-state index is 0.00178. The Morgan fingerprint density at radius 2 is 1.95 bits per heavy atom. The molecule has 108 valence electrons. The van der Waals surface area contributed by atoms with Crippen molar-refractivity contribution in [3.8, 4) is 0 Å². The van der Waals surface area contributed by atoms with E-state index in [0.29, 0.717) is 5.69 Å². The number of hydrogen-bond donors (Lipinski definition) is 1. The highest BCUT2D eigenvalue weighted by Gasteiger charge is 2.13.